The van der Waals surface area contributed by atoms with Crippen LogP contribution in [0.15, 0.2) is 276 Å². The maximum atomic E-state index is 14.8. The smallest absolute Gasteiger partial charge is 0.436 e. The van der Waals surface area contributed by atoms with Gasteiger partial charge in [0.25, 0.3) is 0 Å². The van der Waals surface area contributed by atoms with E-state index in [1.165, 1.54) is 0 Å². The Kier molecular flexibility index (Phi) is 13.2. The van der Waals surface area contributed by atoms with Gasteiger partial charge < -0.3 is 22.7 Å². The number of rotatable bonds is 9. The van der Waals surface area contributed by atoms with Crippen LogP contribution in [0.1, 0.15) is 27.7 Å². The molecule has 0 spiro atoms. The molecule has 1 aliphatic heterocycles. The predicted molar refractivity (Wildman–Crippen MR) is 356 cm³/mol. The largest absolute Gasteiger partial charge is 0.494 e. The summed E-state index contributed by atoms with van der Waals surface area (Å²) in [5.74, 6) is 1.21. The molecule has 15 aromatic rings. The van der Waals surface area contributed by atoms with E-state index in [0.717, 1.165) is 132 Å². The zero-order valence-electron chi connectivity index (χ0n) is 48.3. The summed E-state index contributed by atoms with van der Waals surface area (Å²) in [6.45, 7) is 8.28. The molecule has 418 valence electrons. The molecule has 0 atom stereocenters. The highest BCUT2D eigenvalue weighted by Crippen LogP contribution is 2.44. The minimum absolute atomic E-state index is 0.381. The normalized spacial score (nSPS) is 13.9. The van der Waals surface area contributed by atoms with Gasteiger partial charge in [0, 0.05) is 70.5 Å². The molecule has 4 aromatic heterocycles. The second-order valence-electron chi connectivity index (χ2n) is 23.0. The number of nitrogens with zero attached hydrogens (tertiary/aromatic N) is 4. The molecule has 87 heavy (non-hydrogen) atoms. The minimum Gasteiger partial charge on any atom is -0.436 e. The molecule has 0 N–H and O–H groups in total. The first-order chi connectivity index (χ1) is 42.5. The van der Waals surface area contributed by atoms with Gasteiger partial charge in [-0.15, -0.1) is 0 Å². The van der Waals surface area contributed by atoms with Crippen molar-refractivity contribution < 1.29 is 22.7 Å². The standard InChI is InChI=1S/C44H29N2O2P.C32H27BN2O3/c47-49(34-14-6-2-7-15-34,35-16-8-3-9-17-35)36-26-24-31(25-27-36)30-20-22-32(23-21-30)42-38-28-29-40-43(41(38)37-18-10-11-19-39(37)45-42)46-44(48-40)33-12-4-1-5-13-33;1-31(2)32(3,4)38-33(37-31)22-16-14-20(15-17-22)28-24-18-19-26-29(27(24)23-12-8-9-13-25(23)34-28)35-30(36-26)21-10-6-5-7-11-21/h1-29H;5-19H,1-4H3. The van der Waals surface area contributed by atoms with Crippen molar-refractivity contribution in [1.82, 2.24) is 19.9 Å². The van der Waals surface area contributed by atoms with Crippen LogP contribution in [0.2, 0.25) is 0 Å². The Balaban J connectivity index is 0.000000151. The van der Waals surface area contributed by atoms with Crippen LogP contribution < -0.4 is 21.4 Å². The Morgan fingerprint density at radius 1 is 0.333 bits per heavy atom. The van der Waals surface area contributed by atoms with Crippen LogP contribution in [0.4, 0.5) is 0 Å². The van der Waals surface area contributed by atoms with Crippen LogP contribution in [0.25, 0.3) is 122 Å². The molecule has 0 radical (unpaired) electrons. The van der Waals surface area contributed by atoms with E-state index < -0.39 is 14.3 Å². The fraction of sp³-hybridized carbons (Fsp3) is 0.0789. The third-order valence-corrected chi connectivity index (χ3v) is 20.2. The summed E-state index contributed by atoms with van der Waals surface area (Å²) in [5.41, 5.74) is 13.1. The topological polar surface area (TPSA) is 113 Å². The van der Waals surface area contributed by atoms with E-state index in [0.29, 0.717) is 11.8 Å². The van der Waals surface area contributed by atoms with Gasteiger partial charge in [0.15, 0.2) is 18.3 Å². The van der Waals surface area contributed by atoms with Gasteiger partial charge in [-0.3, -0.25) is 0 Å². The molecule has 16 rings (SSSR count). The van der Waals surface area contributed by atoms with Crippen molar-refractivity contribution in [3.8, 4) is 56.6 Å². The van der Waals surface area contributed by atoms with Crippen LogP contribution in [0.3, 0.4) is 0 Å². The summed E-state index contributed by atoms with van der Waals surface area (Å²) in [7, 11) is -3.43. The first kappa shape index (κ1) is 53.6. The van der Waals surface area contributed by atoms with Gasteiger partial charge in [-0.05, 0) is 105 Å². The third kappa shape index (κ3) is 9.50. The first-order valence-electron chi connectivity index (χ1n) is 29.2. The van der Waals surface area contributed by atoms with E-state index in [1.807, 2.05) is 176 Å². The highest BCUT2D eigenvalue weighted by atomic mass is 31.2. The van der Waals surface area contributed by atoms with Crippen molar-refractivity contribution in [3.63, 3.8) is 0 Å². The van der Waals surface area contributed by atoms with Crippen molar-refractivity contribution in [2.24, 2.45) is 0 Å². The van der Waals surface area contributed by atoms with E-state index in [9.17, 15) is 4.57 Å². The van der Waals surface area contributed by atoms with Gasteiger partial charge in [0.2, 0.25) is 11.8 Å². The zero-order chi connectivity index (χ0) is 58.9. The molecule has 11 heteroatoms. The molecular weight excluding hydrogens is 1090 g/mol. The van der Waals surface area contributed by atoms with E-state index >= 15 is 0 Å². The highest BCUT2D eigenvalue weighted by molar-refractivity contribution is 7.85. The molecule has 0 unspecified atom stereocenters. The zero-order valence-corrected chi connectivity index (χ0v) is 49.2. The van der Waals surface area contributed by atoms with Gasteiger partial charge in [0.05, 0.1) is 33.6 Å². The Hall–Kier alpha value is -10.1. The Bertz CT molecular complexity index is 5060. The van der Waals surface area contributed by atoms with Gasteiger partial charge in [0.1, 0.15) is 11.0 Å². The van der Waals surface area contributed by atoms with E-state index in [4.69, 9.17) is 38.1 Å². The van der Waals surface area contributed by atoms with Crippen LogP contribution in [-0.2, 0) is 13.9 Å². The summed E-state index contributed by atoms with van der Waals surface area (Å²) in [6.07, 6.45) is 0. The lowest BCUT2D eigenvalue weighted by Crippen LogP contribution is -2.41. The monoisotopic (exact) mass is 1150 g/mol. The van der Waals surface area contributed by atoms with Crippen LogP contribution in [0.5, 0.6) is 0 Å². The minimum atomic E-state index is -3.03. The molecule has 1 saturated heterocycles. The number of para-hydroxylation sites is 2. The number of oxazole rings is 2. The molecule has 0 aliphatic carbocycles. The molecule has 0 bridgehead atoms. The lowest BCUT2D eigenvalue weighted by molar-refractivity contribution is 0.00578. The quantitative estimate of drug-likeness (QED) is 0.0792. The Morgan fingerprint density at radius 3 is 1.13 bits per heavy atom. The van der Waals surface area contributed by atoms with Gasteiger partial charge in [-0.1, -0.05) is 206 Å². The molecule has 9 nitrogen and oxygen atoms in total. The highest BCUT2D eigenvalue weighted by Gasteiger charge is 2.51. The maximum Gasteiger partial charge on any atom is 0.494 e. The molecule has 1 aliphatic rings. The van der Waals surface area contributed by atoms with E-state index in [1.54, 1.807) is 0 Å². The lowest BCUT2D eigenvalue weighted by atomic mass is 9.78. The first-order valence-corrected chi connectivity index (χ1v) is 30.9. The second-order valence-corrected chi connectivity index (χ2v) is 25.8. The van der Waals surface area contributed by atoms with Gasteiger partial charge in [-0.2, -0.15) is 0 Å². The summed E-state index contributed by atoms with van der Waals surface area (Å²) in [6, 6.07) is 89.2. The molecule has 5 heterocycles. The molecular formula is C76H56BN4O5P. The molecule has 0 amide bonds. The van der Waals surface area contributed by atoms with Crippen molar-refractivity contribution in [1.29, 1.82) is 0 Å². The number of aromatic nitrogens is 4. The van der Waals surface area contributed by atoms with Crippen molar-refractivity contribution >= 4 is 101 Å². The van der Waals surface area contributed by atoms with Crippen molar-refractivity contribution in [2.75, 3.05) is 0 Å². The van der Waals surface area contributed by atoms with Crippen molar-refractivity contribution in [3.05, 3.63) is 267 Å². The molecule has 1 fully saturated rings. The number of benzene rings is 11. The predicted octanol–water partition coefficient (Wildman–Crippen LogP) is 17.3. The molecule has 0 saturated carbocycles. The number of hydrogen-bond acceptors (Lipinski definition) is 9. The number of pyridine rings is 2. The van der Waals surface area contributed by atoms with E-state index in [-0.39, 0.29) is 11.2 Å². The van der Waals surface area contributed by atoms with Crippen LogP contribution in [-0.4, -0.2) is 38.3 Å². The molecule has 11 aromatic carbocycles. The summed E-state index contributed by atoms with van der Waals surface area (Å²) in [4.78, 5) is 20.2. The second kappa shape index (κ2) is 21.5. The lowest BCUT2D eigenvalue weighted by Gasteiger charge is -2.32. The third-order valence-electron chi connectivity index (χ3n) is 17.2. The summed E-state index contributed by atoms with van der Waals surface area (Å²) >= 11 is 0. The van der Waals surface area contributed by atoms with E-state index in [2.05, 4.69) is 119 Å². The number of fused-ring (bicyclic) bond motifs is 10. The van der Waals surface area contributed by atoms with Gasteiger partial charge >= 0.3 is 7.12 Å². The maximum absolute atomic E-state index is 14.8. The fourth-order valence-electron chi connectivity index (χ4n) is 11.9. The number of hydrogen-bond donors (Lipinski definition) is 0. The van der Waals surface area contributed by atoms with Gasteiger partial charge in [-0.25, -0.2) is 19.9 Å². The SMILES string of the molecule is CC1(C)OB(c2ccc(-c3nc4ccccc4c4c3ccc3oc(-c5ccccc5)nc34)cc2)OC1(C)C.O=P(c1ccccc1)(c1ccccc1)c1ccc(-c2ccc(-c3nc4ccccc4c4c3ccc3oc(-c5ccccc5)nc34)cc2)cc1. The van der Waals surface area contributed by atoms with Crippen LogP contribution >= 0.6 is 7.14 Å². The summed E-state index contributed by atoms with van der Waals surface area (Å²) in [5, 5.41) is 8.69. The average molecular weight is 1150 g/mol. The Morgan fingerprint density at radius 2 is 0.690 bits per heavy atom. The van der Waals surface area contributed by atoms with Crippen LogP contribution in [0, 0.1) is 0 Å². The average Bonchev–Trinajstić information content (AvgIpc) is 1.86. The summed E-state index contributed by atoms with van der Waals surface area (Å²) < 4.78 is 39.8. The van der Waals surface area contributed by atoms with Crippen molar-refractivity contribution in [2.45, 2.75) is 38.9 Å². The Labute approximate surface area is 503 Å². The fourth-order valence-corrected chi connectivity index (χ4v) is 14.5.